The van der Waals surface area contributed by atoms with Crippen molar-refractivity contribution in [2.24, 2.45) is 7.05 Å². The molecule has 0 spiro atoms. The maximum Gasteiger partial charge on any atom is 0.150 e. The number of hydrogen-bond donors (Lipinski definition) is 0. The first-order valence-corrected chi connectivity index (χ1v) is 8.69. The number of aldehydes is 1. The topological polar surface area (TPSA) is 69.5 Å². The standard InChI is InChI=1S/C13H12N4.C8H6N2O/c1-16-8-5-14-12(16)3-2-11-4-7-17-9-6-15-13(17)10-11;11-6-7-1-3-10-4-2-9-8(10)5-7/h2-10H,1H3;1-6H/b3-2+;. The van der Waals surface area contributed by atoms with E-state index in [-0.39, 0.29) is 0 Å². The molecule has 0 fully saturated rings. The molecule has 0 radical (unpaired) electrons. The van der Waals surface area contributed by atoms with Gasteiger partial charge in [-0.1, -0.05) is 6.08 Å². The lowest BCUT2D eigenvalue weighted by molar-refractivity contribution is 0.112. The van der Waals surface area contributed by atoms with Crippen LogP contribution < -0.4 is 0 Å². The van der Waals surface area contributed by atoms with Crippen LogP contribution in [0.4, 0.5) is 0 Å². The molecule has 5 heterocycles. The summed E-state index contributed by atoms with van der Waals surface area (Å²) in [5.74, 6) is 0.938. The average Bonchev–Trinajstić information content (AvgIpc) is 3.46. The minimum Gasteiger partial charge on any atom is -0.335 e. The van der Waals surface area contributed by atoms with Crippen LogP contribution in [0, 0.1) is 0 Å². The van der Waals surface area contributed by atoms with E-state index in [9.17, 15) is 4.79 Å². The summed E-state index contributed by atoms with van der Waals surface area (Å²) in [4.78, 5) is 22.9. The first-order valence-electron chi connectivity index (χ1n) is 8.69. The summed E-state index contributed by atoms with van der Waals surface area (Å²) in [5, 5.41) is 0. The summed E-state index contributed by atoms with van der Waals surface area (Å²) in [6, 6.07) is 7.59. The summed E-state index contributed by atoms with van der Waals surface area (Å²) < 4.78 is 5.82. The van der Waals surface area contributed by atoms with E-state index >= 15 is 0 Å². The van der Waals surface area contributed by atoms with Gasteiger partial charge in [0.25, 0.3) is 0 Å². The highest BCUT2D eigenvalue weighted by molar-refractivity contribution is 5.76. The molecular formula is C21H18N6O. The predicted molar refractivity (Wildman–Crippen MR) is 108 cm³/mol. The molecule has 0 N–H and O–H groups in total. The number of pyridine rings is 2. The number of fused-ring (bicyclic) bond motifs is 2. The SMILES string of the molecule is Cn1ccnc1/C=C/c1ccn2ccnc2c1.O=Cc1ccn2ccnc2c1. The monoisotopic (exact) mass is 370 g/mol. The molecular weight excluding hydrogens is 352 g/mol. The van der Waals surface area contributed by atoms with Gasteiger partial charge in [-0.2, -0.15) is 0 Å². The van der Waals surface area contributed by atoms with Gasteiger partial charge >= 0.3 is 0 Å². The second-order valence-corrected chi connectivity index (χ2v) is 6.15. The van der Waals surface area contributed by atoms with E-state index in [0.717, 1.165) is 29.0 Å². The highest BCUT2D eigenvalue weighted by Gasteiger charge is 1.96. The van der Waals surface area contributed by atoms with Gasteiger partial charge in [-0.3, -0.25) is 4.79 Å². The molecule has 7 nitrogen and oxygen atoms in total. The van der Waals surface area contributed by atoms with E-state index in [2.05, 4.69) is 15.0 Å². The van der Waals surface area contributed by atoms with Crippen molar-refractivity contribution in [2.75, 3.05) is 0 Å². The van der Waals surface area contributed by atoms with Gasteiger partial charge in [0.1, 0.15) is 23.4 Å². The maximum atomic E-state index is 10.3. The third-order valence-corrected chi connectivity index (χ3v) is 4.26. The molecule has 5 aromatic rings. The van der Waals surface area contributed by atoms with Gasteiger partial charge < -0.3 is 13.4 Å². The van der Waals surface area contributed by atoms with Crippen molar-refractivity contribution in [3.8, 4) is 0 Å². The molecule has 7 heteroatoms. The second kappa shape index (κ2) is 7.71. The first kappa shape index (κ1) is 17.4. The molecule has 5 aromatic heterocycles. The molecule has 0 saturated heterocycles. The van der Waals surface area contributed by atoms with Gasteiger partial charge in [-0.15, -0.1) is 0 Å². The normalized spacial score (nSPS) is 11.0. The lowest BCUT2D eigenvalue weighted by Gasteiger charge is -1.97. The number of aromatic nitrogens is 6. The number of rotatable bonds is 3. The van der Waals surface area contributed by atoms with Crippen LogP contribution in [0.5, 0.6) is 0 Å². The smallest absolute Gasteiger partial charge is 0.150 e. The zero-order valence-corrected chi connectivity index (χ0v) is 15.3. The van der Waals surface area contributed by atoms with Crippen LogP contribution in [0.25, 0.3) is 23.4 Å². The van der Waals surface area contributed by atoms with Gasteiger partial charge in [-0.05, 0) is 35.9 Å². The van der Waals surface area contributed by atoms with E-state index < -0.39 is 0 Å². The maximum absolute atomic E-state index is 10.3. The molecule has 0 amide bonds. The highest BCUT2D eigenvalue weighted by atomic mass is 16.1. The van der Waals surface area contributed by atoms with Crippen LogP contribution in [0.1, 0.15) is 21.7 Å². The molecule has 5 rings (SSSR count). The van der Waals surface area contributed by atoms with Crippen LogP contribution in [-0.4, -0.2) is 34.6 Å². The number of nitrogens with zero attached hydrogens (tertiary/aromatic N) is 6. The summed E-state index contributed by atoms with van der Waals surface area (Å²) in [5.41, 5.74) is 3.52. The van der Waals surface area contributed by atoms with Gasteiger partial charge in [0.2, 0.25) is 0 Å². The van der Waals surface area contributed by atoms with Crippen molar-refractivity contribution in [3.05, 3.63) is 90.8 Å². The second-order valence-electron chi connectivity index (χ2n) is 6.15. The number of aryl methyl sites for hydroxylation is 1. The fourth-order valence-electron chi connectivity index (χ4n) is 2.74. The Hall–Kier alpha value is -4.00. The van der Waals surface area contributed by atoms with Crippen molar-refractivity contribution >= 4 is 29.7 Å². The van der Waals surface area contributed by atoms with Crippen molar-refractivity contribution in [3.63, 3.8) is 0 Å². The fraction of sp³-hybridized carbons (Fsp3) is 0.0476. The van der Waals surface area contributed by atoms with E-state index in [4.69, 9.17) is 0 Å². The van der Waals surface area contributed by atoms with E-state index in [0.29, 0.717) is 5.56 Å². The molecule has 0 aliphatic carbocycles. The number of hydrogen-bond acceptors (Lipinski definition) is 4. The number of imidazole rings is 3. The molecule has 0 aliphatic heterocycles. The van der Waals surface area contributed by atoms with Crippen molar-refractivity contribution in [1.82, 2.24) is 28.3 Å². The average molecular weight is 370 g/mol. The Morgan fingerprint density at radius 1 is 0.750 bits per heavy atom. The van der Waals surface area contributed by atoms with Gasteiger partial charge in [-0.25, -0.2) is 15.0 Å². The molecule has 138 valence electrons. The molecule has 0 aromatic carbocycles. The van der Waals surface area contributed by atoms with Crippen LogP contribution in [0.15, 0.2) is 73.8 Å². The highest BCUT2D eigenvalue weighted by Crippen LogP contribution is 2.09. The third kappa shape index (κ3) is 3.73. The summed E-state index contributed by atoms with van der Waals surface area (Å²) in [6.45, 7) is 0. The van der Waals surface area contributed by atoms with Crippen molar-refractivity contribution in [2.45, 2.75) is 0 Å². The molecule has 0 unspecified atom stereocenters. The molecule has 0 saturated carbocycles. The Bertz CT molecular complexity index is 1260. The van der Waals surface area contributed by atoms with E-state index in [1.807, 2.05) is 75.7 Å². The van der Waals surface area contributed by atoms with Crippen molar-refractivity contribution < 1.29 is 4.79 Å². The quantitative estimate of drug-likeness (QED) is 0.457. The Morgan fingerprint density at radius 2 is 1.36 bits per heavy atom. The fourth-order valence-corrected chi connectivity index (χ4v) is 2.74. The largest absolute Gasteiger partial charge is 0.335 e. The van der Waals surface area contributed by atoms with Crippen LogP contribution >= 0.6 is 0 Å². The Balaban J connectivity index is 0.000000151. The van der Waals surface area contributed by atoms with Gasteiger partial charge in [0.05, 0.1) is 0 Å². The summed E-state index contributed by atoms with van der Waals surface area (Å²) >= 11 is 0. The molecule has 0 aliphatic rings. The minimum atomic E-state index is 0.656. The molecule has 0 bridgehead atoms. The first-order chi connectivity index (χ1) is 13.7. The molecule has 0 atom stereocenters. The summed E-state index contributed by atoms with van der Waals surface area (Å²) in [7, 11) is 1.98. The lowest BCUT2D eigenvalue weighted by atomic mass is 10.2. The third-order valence-electron chi connectivity index (χ3n) is 4.26. The lowest BCUT2D eigenvalue weighted by Crippen LogP contribution is -1.89. The van der Waals surface area contributed by atoms with Gasteiger partial charge in [0.15, 0.2) is 0 Å². The Kier molecular flexibility index (Phi) is 4.79. The van der Waals surface area contributed by atoms with Crippen LogP contribution in [-0.2, 0) is 7.05 Å². The Morgan fingerprint density at radius 3 is 1.96 bits per heavy atom. The number of carbonyl (C=O) groups is 1. The van der Waals surface area contributed by atoms with Crippen LogP contribution in [0.3, 0.4) is 0 Å². The predicted octanol–water partition coefficient (Wildman–Crippen LogP) is 3.39. The van der Waals surface area contributed by atoms with E-state index in [1.165, 1.54) is 0 Å². The minimum absolute atomic E-state index is 0.656. The Labute approximate surface area is 161 Å². The molecule has 28 heavy (non-hydrogen) atoms. The van der Waals surface area contributed by atoms with Crippen LogP contribution in [0.2, 0.25) is 0 Å². The zero-order chi connectivity index (χ0) is 19.3. The number of carbonyl (C=O) groups excluding carboxylic acids is 1. The van der Waals surface area contributed by atoms with E-state index in [1.54, 1.807) is 30.7 Å². The van der Waals surface area contributed by atoms with Gasteiger partial charge in [0, 0.05) is 62.2 Å². The zero-order valence-electron chi connectivity index (χ0n) is 15.3. The van der Waals surface area contributed by atoms with Crippen molar-refractivity contribution in [1.29, 1.82) is 0 Å². The summed E-state index contributed by atoms with van der Waals surface area (Å²) in [6.07, 6.45) is 19.6.